The van der Waals surface area contributed by atoms with E-state index >= 15 is 0 Å². The van der Waals surface area contributed by atoms with Crippen LogP contribution in [0.25, 0.3) is 11.1 Å². The molecule has 0 saturated heterocycles. The lowest BCUT2D eigenvalue weighted by Gasteiger charge is -2.37. The molecule has 0 fully saturated rings. The molecule has 1 aromatic carbocycles. The predicted molar refractivity (Wildman–Crippen MR) is 131 cm³/mol. The smallest absolute Gasteiger partial charge is 0.259 e. The number of carbonyl (C=O) groups is 1. The SMILES string of the molecule is C[C@@H]1CN([C@H](C)CO)C(=O)c2cc(-c3ccc(F)cc3)cnc2O[C@@H]1CN(C)Cc1cccnc1. The van der Waals surface area contributed by atoms with Crippen LogP contribution in [0.5, 0.6) is 5.88 Å². The van der Waals surface area contributed by atoms with Crippen molar-refractivity contribution in [1.82, 2.24) is 19.8 Å². The first kappa shape index (κ1) is 24.8. The molecule has 1 aliphatic heterocycles. The molecule has 0 bridgehead atoms. The number of hydrogen-bond donors (Lipinski definition) is 1. The van der Waals surface area contributed by atoms with Crippen LogP contribution in [0, 0.1) is 11.7 Å². The number of likely N-dealkylation sites (N-methyl/N-ethyl adjacent to an activating group) is 1. The highest BCUT2D eigenvalue weighted by atomic mass is 19.1. The summed E-state index contributed by atoms with van der Waals surface area (Å²) in [7, 11) is 2.02. The monoisotopic (exact) mass is 478 g/mol. The third kappa shape index (κ3) is 5.83. The van der Waals surface area contributed by atoms with Crippen LogP contribution in [0.15, 0.2) is 61.1 Å². The number of amides is 1. The Morgan fingerprint density at radius 1 is 1.23 bits per heavy atom. The topological polar surface area (TPSA) is 78.8 Å². The lowest BCUT2D eigenvalue weighted by molar-refractivity contribution is 0.0325. The maximum atomic E-state index is 13.6. The maximum absolute atomic E-state index is 13.6. The van der Waals surface area contributed by atoms with E-state index in [9.17, 15) is 14.3 Å². The van der Waals surface area contributed by atoms with Crippen LogP contribution < -0.4 is 4.74 Å². The highest BCUT2D eigenvalue weighted by Gasteiger charge is 2.34. The molecule has 3 aromatic rings. The second-order valence-electron chi connectivity index (χ2n) is 9.26. The normalized spacial score (nSPS) is 19.0. The molecule has 184 valence electrons. The van der Waals surface area contributed by atoms with Gasteiger partial charge in [-0.1, -0.05) is 25.1 Å². The fraction of sp³-hybridized carbons (Fsp3) is 0.370. The van der Waals surface area contributed by atoms with Gasteiger partial charge in [-0.05, 0) is 49.4 Å². The van der Waals surface area contributed by atoms with Gasteiger partial charge in [0.25, 0.3) is 5.91 Å². The summed E-state index contributed by atoms with van der Waals surface area (Å²) < 4.78 is 19.8. The van der Waals surface area contributed by atoms with Crippen molar-refractivity contribution in [3.05, 3.63) is 78.0 Å². The van der Waals surface area contributed by atoms with Crippen molar-refractivity contribution < 1.29 is 19.0 Å². The van der Waals surface area contributed by atoms with Gasteiger partial charge in [-0.2, -0.15) is 0 Å². The summed E-state index contributed by atoms with van der Waals surface area (Å²) in [4.78, 5) is 26.1. The van der Waals surface area contributed by atoms with E-state index in [-0.39, 0.29) is 42.3 Å². The van der Waals surface area contributed by atoms with Crippen LogP contribution in [-0.4, -0.2) is 69.7 Å². The molecule has 3 heterocycles. The van der Waals surface area contributed by atoms with Crippen molar-refractivity contribution in [2.75, 3.05) is 26.7 Å². The first-order valence-corrected chi connectivity index (χ1v) is 11.8. The van der Waals surface area contributed by atoms with Gasteiger partial charge in [0.2, 0.25) is 5.88 Å². The zero-order chi connectivity index (χ0) is 24.9. The van der Waals surface area contributed by atoms with Crippen molar-refractivity contribution in [3.8, 4) is 17.0 Å². The number of fused-ring (bicyclic) bond motifs is 1. The standard InChI is InChI=1S/C27H31FN4O3/c1-18-14-32(19(2)17-33)27(34)24-11-22(21-6-8-23(28)9-7-21)13-30-26(24)35-25(18)16-31(3)15-20-5-4-10-29-12-20/h4-13,18-19,25,33H,14-17H2,1-3H3/t18-,19-,25-/m1/s1. The Balaban J connectivity index is 1.65. The lowest BCUT2D eigenvalue weighted by atomic mass is 9.99. The third-order valence-electron chi connectivity index (χ3n) is 6.37. The minimum absolute atomic E-state index is 0.00368. The molecule has 8 heteroatoms. The Labute approximate surface area is 205 Å². The van der Waals surface area contributed by atoms with Crippen molar-refractivity contribution in [3.63, 3.8) is 0 Å². The number of carbonyl (C=O) groups excluding carboxylic acids is 1. The number of ether oxygens (including phenoxy) is 1. The quantitative estimate of drug-likeness (QED) is 0.559. The zero-order valence-electron chi connectivity index (χ0n) is 20.3. The van der Waals surface area contributed by atoms with Gasteiger partial charge in [-0.15, -0.1) is 0 Å². The van der Waals surface area contributed by atoms with Gasteiger partial charge in [-0.25, -0.2) is 9.37 Å². The molecule has 1 aliphatic rings. The van der Waals surface area contributed by atoms with Crippen LogP contribution in [0.2, 0.25) is 0 Å². The average molecular weight is 479 g/mol. The first-order valence-electron chi connectivity index (χ1n) is 11.8. The van der Waals surface area contributed by atoms with Gasteiger partial charge in [-0.3, -0.25) is 14.7 Å². The molecule has 0 radical (unpaired) electrons. The third-order valence-corrected chi connectivity index (χ3v) is 6.37. The Bertz CT molecular complexity index is 1140. The van der Waals surface area contributed by atoms with Crippen LogP contribution in [0.3, 0.4) is 0 Å². The van der Waals surface area contributed by atoms with Crippen molar-refractivity contribution in [2.45, 2.75) is 32.5 Å². The molecule has 1 N–H and O–H groups in total. The second kappa shape index (κ2) is 10.9. The van der Waals surface area contributed by atoms with E-state index in [1.165, 1.54) is 12.1 Å². The molecule has 35 heavy (non-hydrogen) atoms. The van der Waals surface area contributed by atoms with Crippen molar-refractivity contribution in [1.29, 1.82) is 0 Å². The average Bonchev–Trinajstić information content (AvgIpc) is 2.86. The Morgan fingerprint density at radius 2 is 2.00 bits per heavy atom. The number of aromatic nitrogens is 2. The van der Waals surface area contributed by atoms with Gasteiger partial charge >= 0.3 is 0 Å². The molecule has 2 aromatic heterocycles. The molecule has 3 atom stereocenters. The summed E-state index contributed by atoms with van der Waals surface area (Å²) in [5, 5.41) is 9.84. The molecule has 7 nitrogen and oxygen atoms in total. The molecular formula is C27H31FN4O3. The number of halogens is 1. The number of rotatable bonds is 7. The van der Waals surface area contributed by atoms with Gasteiger partial charge in [0.05, 0.1) is 12.6 Å². The van der Waals surface area contributed by atoms with Gasteiger partial charge < -0.3 is 14.7 Å². The van der Waals surface area contributed by atoms with E-state index in [1.54, 1.807) is 35.5 Å². The lowest BCUT2D eigenvalue weighted by Crippen LogP contribution is -2.49. The zero-order valence-corrected chi connectivity index (χ0v) is 20.3. The summed E-state index contributed by atoms with van der Waals surface area (Å²) in [6, 6.07) is 11.4. The fourth-order valence-corrected chi connectivity index (χ4v) is 4.30. The highest BCUT2D eigenvalue weighted by Crippen LogP contribution is 2.30. The molecule has 1 amide bonds. The second-order valence-corrected chi connectivity index (χ2v) is 9.26. The van der Waals surface area contributed by atoms with E-state index in [2.05, 4.69) is 14.9 Å². The summed E-state index contributed by atoms with van der Waals surface area (Å²) in [6.07, 6.45) is 5.00. The maximum Gasteiger partial charge on any atom is 0.259 e. The number of pyridine rings is 2. The van der Waals surface area contributed by atoms with Gasteiger partial charge in [0.15, 0.2) is 0 Å². The van der Waals surface area contributed by atoms with E-state index in [0.717, 1.165) is 11.1 Å². The number of aliphatic hydroxyl groups is 1. The summed E-state index contributed by atoms with van der Waals surface area (Å²) in [5.41, 5.74) is 2.87. The largest absolute Gasteiger partial charge is 0.472 e. The van der Waals surface area contributed by atoms with Crippen LogP contribution in [0.4, 0.5) is 4.39 Å². The Morgan fingerprint density at radius 3 is 2.69 bits per heavy atom. The highest BCUT2D eigenvalue weighted by molar-refractivity contribution is 5.98. The van der Waals surface area contributed by atoms with Crippen molar-refractivity contribution >= 4 is 5.91 Å². The van der Waals surface area contributed by atoms with E-state index in [0.29, 0.717) is 30.8 Å². The molecule has 0 spiro atoms. The van der Waals surface area contributed by atoms with E-state index in [1.807, 2.05) is 39.2 Å². The number of hydrogen-bond acceptors (Lipinski definition) is 6. The Kier molecular flexibility index (Phi) is 7.73. The predicted octanol–water partition coefficient (Wildman–Crippen LogP) is 3.63. The van der Waals surface area contributed by atoms with Gasteiger partial charge in [0.1, 0.15) is 17.5 Å². The van der Waals surface area contributed by atoms with Crippen molar-refractivity contribution in [2.24, 2.45) is 5.92 Å². The fourth-order valence-electron chi connectivity index (χ4n) is 4.30. The number of benzene rings is 1. The summed E-state index contributed by atoms with van der Waals surface area (Å²) in [5.74, 6) is -0.312. The minimum Gasteiger partial charge on any atom is -0.472 e. The molecule has 0 unspecified atom stereocenters. The molecule has 4 rings (SSSR count). The molecular weight excluding hydrogens is 447 g/mol. The molecule has 0 saturated carbocycles. The van der Waals surface area contributed by atoms with Crippen LogP contribution in [-0.2, 0) is 6.54 Å². The van der Waals surface area contributed by atoms with Crippen LogP contribution in [0.1, 0.15) is 29.8 Å². The van der Waals surface area contributed by atoms with E-state index < -0.39 is 0 Å². The van der Waals surface area contributed by atoms with Crippen LogP contribution >= 0.6 is 0 Å². The summed E-state index contributed by atoms with van der Waals surface area (Å²) in [6.45, 7) is 5.49. The van der Waals surface area contributed by atoms with Gasteiger partial charge in [0, 0.05) is 49.7 Å². The molecule has 0 aliphatic carbocycles. The summed E-state index contributed by atoms with van der Waals surface area (Å²) >= 11 is 0. The first-order chi connectivity index (χ1) is 16.9. The number of nitrogens with zero attached hydrogens (tertiary/aromatic N) is 4. The number of aliphatic hydroxyl groups excluding tert-OH is 1. The Hall–Kier alpha value is -3.36. The van der Waals surface area contributed by atoms with E-state index in [4.69, 9.17) is 4.74 Å². The minimum atomic E-state index is -0.362.